The number of aliphatic hydroxyl groups excluding tert-OH is 1. The molecule has 1 saturated heterocycles. The average Bonchev–Trinajstić information content (AvgIpc) is 3.21. The van der Waals surface area contributed by atoms with Crippen molar-refractivity contribution in [2.75, 3.05) is 40.5 Å². The van der Waals surface area contributed by atoms with Crippen LogP contribution in [0.25, 0.3) is 10.9 Å². The number of fused-ring (bicyclic) bond motifs is 4. The lowest BCUT2D eigenvalue weighted by Crippen LogP contribution is -2.55. The zero-order valence-electron chi connectivity index (χ0n) is 22.8. The highest BCUT2D eigenvalue weighted by atomic mass is 16.5. The minimum atomic E-state index is -0.115. The molecule has 38 heavy (non-hydrogen) atoms. The fourth-order valence-corrected chi connectivity index (χ4v) is 7.07. The standard InChI is InChI=1S/C31H39N3O4/c1-32-26-17-24(38-3)11-12-25(26)28-29(32)27(19-35)34(18-21-7-9-23(37-2)10-8-21)20-31(28)13-15-33(16-14-31)30(36)22-5-4-6-22/h7-12,17,22,27,35H,4-6,13-16,18-20H2,1-3H3/t27-/m1/s1. The van der Waals surface area contributed by atoms with E-state index >= 15 is 0 Å². The molecule has 6 rings (SSSR count). The van der Waals surface area contributed by atoms with Crippen molar-refractivity contribution in [3.8, 4) is 11.5 Å². The number of aromatic nitrogens is 1. The zero-order valence-corrected chi connectivity index (χ0v) is 22.8. The lowest BCUT2D eigenvalue weighted by molar-refractivity contribution is -0.140. The fourth-order valence-electron chi connectivity index (χ4n) is 7.07. The second kappa shape index (κ2) is 9.93. The maximum atomic E-state index is 13.1. The second-order valence-corrected chi connectivity index (χ2v) is 11.4. The van der Waals surface area contributed by atoms with Gasteiger partial charge in [0.25, 0.3) is 0 Å². The van der Waals surface area contributed by atoms with Gasteiger partial charge in [-0.1, -0.05) is 18.6 Å². The number of hydrogen-bond acceptors (Lipinski definition) is 5. The summed E-state index contributed by atoms with van der Waals surface area (Å²) in [4.78, 5) is 17.7. The predicted octanol–water partition coefficient (Wildman–Crippen LogP) is 4.41. The number of amides is 1. The highest BCUT2D eigenvalue weighted by molar-refractivity contribution is 5.89. The molecule has 3 aromatic rings. The van der Waals surface area contributed by atoms with Gasteiger partial charge in [-0.3, -0.25) is 9.69 Å². The number of piperidine rings is 1. The molecule has 3 heterocycles. The van der Waals surface area contributed by atoms with Crippen molar-refractivity contribution in [2.45, 2.75) is 50.1 Å². The molecule has 1 aliphatic carbocycles. The topological polar surface area (TPSA) is 67.2 Å². The van der Waals surface area contributed by atoms with E-state index in [1.165, 1.54) is 28.6 Å². The number of likely N-dealkylation sites (tertiary alicyclic amines) is 1. The number of carbonyl (C=O) groups is 1. The smallest absolute Gasteiger partial charge is 0.225 e. The summed E-state index contributed by atoms with van der Waals surface area (Å²) in [6.45, 7) is 3.23. The number of aryl methyl sites for hydroxylation is 1. The quantitative estimate of drug-likeness (QED) is 0.525. The summed E-state index contributed by atoms with van der Waals surface area (Å²) < 4.78 is 13.2. The van der Waals surface area contributed by atoms with Gasteiger partial charge in [-0.2, -0.15) is 0 Å². The Labute approximate surface area is 224 Å². The number of nitrogens with zero attached hydrogens (tertiary/aromatic N) is 3. The molecule has 202 valence electrons. The molecule has 1 N–H and O–H groups in total. The number of methoxy groups -OCH3 is 2. The van der Waals surface area contributed by atoms with Crippen molar-refractivity contribution in [3.05, 3.63) is 59.3 Å². The lowest BCUT2D eigenvalue weighted by atomic mass is 9.68. The number of benzene rings is 2. The molecule has 0 radical (unpaired) electrons. The summed E-state index contributed by atoms with van der Waals surface area (Å²) in [7, 11) is 5.50. The van der Waals surface area contributed by atoms with Gasteiger partial charge >= 0.3 is 0 Å². The molecule has 1 saturated carbocycles. The van der Waals surface area contributed by atoms with Crippen LogP contribution in [0.15, 0.2) is 42.5 Å². The molecule has 7 nitrogen and oxygen atoms in total. The van der Waals surface area contributed by atoms with Gasteiger partial charge in [0.1, 0.15) is 11.5 Å². The van der Waals surface area contributed by atoms with Crippen molar-refractivity contribution in [3.63, 3.8) is 0 Å². The minimum absolute atomic E-state index is 0.0484. The van der Waals surface area contributed by atoms with Crippen LogP contribution in [0.3, 0.4) is 0 Å². The molecular weight excluding hydrogens is 478 g/mol. The molecule has 2 fully saturated rings. The monoisotopic (exact) mass is 517 g/mol. The van der Waals surface area contributed by atoms with Gasteiger partial charge in [-0.25, -0.2) is 0 Å². The molecule has 1 atom stereocenters. The molecule has 1 amide bonds. The highest BCUT2D eigenvalue weighted by Gasteiger charge is 2.49. The molecule has 0 unspecified atom stereocenters. The van der Waals surface area contributed by atoms with Crippen molar-refractivity contribution >= 4 is 16.8 Å². The van der Waals surface area contributed by atoms with Crippen molar-refractivity contribution in [1.29, 1.82) is 0 Å². The third-order valence-corrected chi connectivity index (χ3v) is 9.45. The van der Waals surface area contributed by atoms with Gasteiger partial charge in [-0.05, 0) is 61.1 Å². The SMILES string of the molecule is COc1ccc(CN2CC3(CCN(C(=O)C4CCC4)CC3)c3c(n(C)c4cc(OC)ccc34)[C@H]2CO)cc1. The number of rotatable bonds is 6. The van der Waals surface area contributed by atoms with Gasteiger partial charge in [0.05, 0.1) is 32.4 Å². The Kier molecular flexibility index (Phi) is 6.60. The van der Waals surface area contributed by atoms with E-state index in [-0.39, 0.29) is 24.0 Å². The Morgan fingerprint density at radius 3 is 2.32 bits per heavy atom. The molecule has 1 spiro atoms. The summed E-state index contributed by atoms with van der Waals surface area (Å²) >= 11 is 0. The van der Waals surface area contributed by atoms with Crippen LogP contribution in [0.2, 0.25) is 0 Å². The van der Waals surface area contributed by atoms with E-state index in [2.05, 4.69) is 45.7 Å². The average molecular weight is 518 g/mol. The van der Waals surface area contributed by atoms with Gasteiger partial charge < -0.3 is 24.0 Å². The number of aliphatic hydroxyl groups is 1. The van der Waals surface area contributed by atoms with Gasteiger partial charge in [0, 0.05) is 61.7 Å². The minimum Gasteiger partial charge on any atom is -0.497 e. The third-order valence-electron chi connectivity index (χ3n) is 9.45. The van der Waals surface area contributed by atoms with E-state index in [1.54, 1.807) is 14.2 Å². The molecule has 0 bridgehead atoms. The van der Waals surface area contributed by atoms with E-state index < -0.39 is 0 Å². The first-order valence-electron chi connectivity index (χ1n) is 13.9. The van der Waals surface area contributed by atoms with Crippen LogP contribution in [0.4, 0.5) is 0 Å². The molecular formula is C31H39N3O4. The Bertz CT molecular complexity index is 1320. The van der Waals surface area contributed by atoms with Gasteiger partial charge in [0.15, 0.2) is 0 Å². The first-order chi connectivity index (χ1) is 18.5. The van der Waals surface area contributed by atoms with E-state index in [0.717, 1.165) is 68.9 Å². The van der Waals surface area contributed by atoms with Crippen LogP contribution in [-0.4, -0.2) is 65.8 Å². The lowest BCUT2D eigenvalue weighted by Gasteiger charge is -2.51. The van der Waals surface area contributed by atoms with Crippen LogP contribution >= 0.6 is 0 Å². The Morgan fingerprint density at radius 1 is 1.03 bits per heavy atom. The van der Waals surface area contributed by atoms with E-state index in [0.29, 0.717) is 5.91 Å². The molecule has 7 heteroatoms. The predicted molar refractivity (Wildman–Crippen MR) is 148 cm³/mol. The van der Waals surface area contributed by atoms with Crippen LogP contribution in [0, 0.1) is 5.92 Å². The summed E-state index contributed by atoms with van der Waals surface area (Å²) in [5.74, 6) is 2.27. The Morgan fingerprint density at radius 2 is 1.71 bits per heavy atom. The summed E-state index contributed by atoms with van der Waals surface area (Å²) in [6, 6.07) is 14.5. The highest BCUT2D eigenvalue weighted by Crippen LogP contribution is 2.50. The number of carbonyl (C=O) groups excluding carboxylic acids is 1. The fraction of sp³-hybridized carbons (Fsp3) is 0.516. The molecule has 2 aromatic carbocycles. The second-order valence-electron chi connectivity index (χ2n) is 11.4. The Balaban J connectivity index is 1.41. The Hall–Kier alpha value is -3.03. The van der Waals surface area contributed by atoms with Crippen molar-refractivity contribution in [2.24, 2.45) is 13.0 Å². The van der Waals surface area contributed by atoms with Crippen molar-refractivity contribution in [1.82, 2.24) is 14.4 Å². The van der Waals surface area contributed by atoms with Crippen LogP contribution in [0.5, 0.6) is 11.5 Å². The summed E-state index contributed by atoms with van der Waals surface area (Å²) in [6.07, 6.45) is 5.13. The number of ether oxygens (including phenoxy) is 2. The normalized spacial score (nSPS) is 21.4. The first kappa shape index (κ1) is 25.3. The van der Waals surface area contributed by atoms with Crippen LogP contribution in [-0.2, 0) is 23.8 Å². The van der Waals surface area contributed by atoms with Gasteiger partial charge in [-0.15, -0.1) is 0 Å². The van der Waals surface area contributed by atoms with Crippen LogP contribution in [0.1, 0.15) is 55.0 Å². The van der Waals surface area contributed by atoms with Crippen molar-refractivity contribution < 1.29 is 19.4 Å². The molecule has 1 aromatic heterocycles. The maximum Gasteiger partial charge on any atom is 0.225 e. The third kappa shape index (κ3) is 4.07. The van der Waals surface area contributed by atoms with E-state index in [4.69, 9.17) is 9.47 Å². The van der Waals surface area contributed by atoms with Crippen LogP contribution < -0.4 is 9.47 Å². The maximum absolute atomic E-state index is 13.1. The van der Waals surface area contributed by atoms with E-state index in [9.17, 15) is 9.90 Å². The first-order valence-corrected chi connectivity index (χ1v) is 13.9. The van der Waals surface area contributed by atoms with Gasteiger partial charge in [0.2, 0.25) is 5.91 Å². The zero-order chi connectivity index (χ0) is 26.4. The number of hydrogen-bond donors (Lipinski definition) is 1. The largest absolute Gasteiger partial charge is 0.497 e. The summed E-state index contributed by atoms with van der Waals surface area (Å²) in [5.41, 5.74) is 4.79. The molecule has 3 aliphatic rings. The van der Waals surface area contributed by atoms with E-state index in [1.807, 2.05) is 18.2 Å². The molecule has 2 aliphatic heterocycles. The summed E-state index contributed by atoms with van der Waals surface area (Å²) in [5, 5.41) is 12.0.